The molecule has 0 spiro atoms. The maximum atomic E-state index is 11.6. The zero-order valence-corrected chi connectivity index (χ0v) is 13.4. The van der Waals surface area contributed by atoms with Crippen LogP contribution in [0.25, 0.3) is 0 Å². The van der Waals surface area contributed by atoms with E-state index in [0.29, 0.717) is 22.4 Å². The molecule has 1 heterocycles. The molecule has 0 aliphatic heterocycles. The third-order valence-electron chi connectivity index (χ3n) is 2.79. The lowest BCUT2D eigenvalue weighted by Gasteiger charge is -2.11. The van der Waals surface area contributed by atoms with Crippen LogP contribution in [0.4, 0.5) is 5.69 Å². The Bertz CT molecular complexity index is 680. The number of pyridine rings is 1. The first kappa shape index (κ1) is 16.2. The highest BCUT2D eigenvalue weighted by Gasteiger charge is 2.11. The maximum Gasteiger partial charge on any atom is 0.339 e. The molecule has 1 aromatic heterocycles. The van der Waals surface area contributed by atoms with Crippen LogP contribution in [0.5, 0.6) is 0 Å². The third-order valence-corrected chi connectivity index (χ3v) is 3.36. The summed E-state index contributed by atoms with van der Waals surface area (Å²) in [5.74, 6) is -0.499. The SMILES string of the molecule is COC(=O)c1cc(NC(=S)NCc2ccccn2)ccc1Cl. The number of hydrogen-bond donors (Lipinski definition) is 2. The predicted octanol–water partition coefficient (Wildman–Crippen LogP) is 3.01. The van der Waals surface area contributed by atoms with Crippen molar-refractivity contribution in [2.24, 2.45) is 0 Å². The van der Waals surface area contributed by atoms with E-state index in [0.717, 1.165) is 5.69 Å². The van der Waals surface area contributed by atoms with E-state index in [4.69, 9.17) is 23.8 Å². The Morgan fingerprint density at radius 3 is 2.86 bits per heavy atom. The summed E-state index contributed by atoms with van der Waals surface area (Å²) in [7, 11) is 1.30. The molecule has 0 aliphatic rings. The van der Waals surface area contributed by atoms with Crippen molar-refractivity contribution in [3.63, 3.8) is 0 Å². The zero-order chi connectivity index (χ0) is 15.9. The number of ether oxygens (including phenoxy) is 1. The number of nitrogens with one attached hydrogen (secondary N) is 2. The van der Waals surface area contributed by atoms with Crippen molar-refractivity contribution in [2.45, 2.75) is 6.54 Å². The smallest absolute Gasteiger partial charge is 0.339 e. The van der Waals surface area contributed by atoms with Gasteiger partial charge in [0.1, 0.15) is 0 Å². The van der Waals surface area contributed by atoms with Gasteiger partial charge in [-0.3, -0.25) is 4.98 Å². The quantitative estimate of drug-likeness (QED) is 0.661. The van der Waals surface area contributed by atoms with E-state index in [1.165, 1.54) is 7.11 Å². The molecular weight excluding hydrogens is 322 g/mol. The van der Waals surface area contributed by atoms with Gasteiger partial charge in [-0.15, -0.1) is 0 Å². The molecule has 2 aromatic rings. The first-order chi connectivity index (χ1) is 10.6. The summed E-state index contributed by atoms with van der Waals surface area (Å²) in [6, 6.07) is 10.6. The monoisotopic (exact) mass is 335 g/mol. The largest absolute Gasteiger partial charge is 0.465 e. The number of hydrogen-bond acceptors (Lipinski definition) is 4. The van der Waals surface area contributed by atoms with Gasteiger partial charge in [0.2, 0.25) is 0 Å². The van der Waals surface area contributed by atoms with Crippen LogP contribution in [0.3, 0.4) is 0 Å². The van der Waals surface area contributed by atoms with Crippen molar-refractivity contribution in [2.75, 3.05) is 12.4 Å². The van der Waals surface area contributed by atoms with E-state index in [2.05, 4.69) is 20.4 Å². The average molecular weight is 336 g/mol. The minimum Gasteiger partial charge on any atom is -0.465 e. The van der Waals surface area contributed by atoms with Crippen LogP contribution >= 0.6 is 23.8 Å². The van der Waals surface area contributed by atoms with Crippen molar-refractivity contribution < 1.29 is 9.53 Å². The van der Waals surface area contributed by atoms with Gasteiger partial charge in [0.05, 0.1) is 29.9 Å². The molecule has 0 fully saturated rings. The fraction of sp³-hybridized carbons (Fsp3) is 0.133. The van der Waals surface area contributed by atoms with E-state index < -0.39 is 5.97 Å². The van der Waals surface area contributed by atoms with Crippen LogP contribution in [0.2, 0.25) is 5.02 Å². The van der Waals surface area contributed by atoms with E-state index in [-0.39, 0.29) is 5.56 Å². The summed E-state index contributed by atoms with van der Waals surface area (Å²) in [5.41, 5.74) is 1.79. The Kier molecular flexibility index (Phi) is 5.68. The van der Waals surface area contributed by atoms with Gasteiger partial charge in [-0.05, 0) is 42.5 Å². The van der Waals surface area contributed by atoms with E-state index in [9.17, 15) is 4.79 Å². The van der Waals surface area contributed by atoms with Gasteiger partial charge in [-0.2, -0.15) is 0 Å². The molecule has 0 bridgehead atoms. The number of methoxy groups -OCH3 is 1. The standard InChI is InChI=1S/C15H14ClN3O2S/c1-21-14(20)12-8-10(5-6-13(12)16)19-15(22)18-9-11-4-2-3-7-17-11/h2-8H,9H2,1H3,(H2,18,19,22). The fourth-order valence-corrected chi connectivity index (χ4v) is 2.10. The molecular formula is C15H14ClN3O2S. The van der Waals surface area contributed by atoms with Gasteiger partial charge < -0.3 is 15.4 Å². The van der Waals surface area contributed by atoms with Crippen molar-refractivity contribution in [3.8, 4) is 0 Å². The number of thiocarbonyl (C=S) groups is 1. The summed E-state index contributed by atoms with van der Waals surface area (Å²) in [4.78, 5) is 15.8. The number of aromatic nitrogens is 1. The zero-order valence-electron chi connectivity index (χ0n) is 11.8. The number of nitrogens with zero attached hydrogens (tertiary/aromatic N) is 1. The molecule has 2 N–H and O–H groups in total. The Labute approximate surface area is 138 Å². The minimum atomic E-state index is -0.499. The van der Waals surface area contributed by atoms with Crippen LogP contribution in [-0.4, -0.2) is 23.2 Å². The Morgan fingerprint density at radius 1 is 1.36 bits per heavy atom. The second kappa shape index (κ2) is 7.72. The first-order valence-corrected chi connectivity index (χ1v) is 7.21. The van der Waals surface area contributed by atoms with E-state index in [1.807, 2.05) is 18.2 Å². The van der Waals surface area contributed by atoms with Gasteiger partial charge in [-0.25, -0.2) is 4.79 Å². The molecule has 0 aliphatic carbocycles. The summed E-state index contributed by atoms with van der Waals surface area (Å²) in [5, 5.41) is 6.76. The Hall–Kier alpha value is -2.18. The average Bonchev–Trinajstić information content (AvgIpc) is 2.55. The van der Waals surface area contributed by atoms with E-state index in [1.54, 1.807) is 24.4 Å². The van der Waals surface area contributed by atoms with Gasteiger partial charge in [0.15, 0.2) is 5.11 Å². The van der Waals surface area contributed by atoms with Gasteiger partial charge >= 0.3 is 5.97 Å². The highest BCUT2D eigenvalue weighted by molar-refractivity contribution is 7.80. The summed E-state index contributed by atoms with van der Waals surface area (Å²) in [6.07, 6.45) is 1.72. The second-order valence-electron chi connectivity index (χ2n) is 4.31. The predicted molar refractivity (Wildman–Crippen MR) is 90.1 cm³/mol. The van der Waals surface area contributed by atoms with Crippen LogP contribution in [0.1, 0.15) is 16.1 Å². The number of rotatable bonds is 4. The second-order valence-corrected chi connectivity index (χ2v) is 5.13. The molecule has 0 radical (unpaired) electrons. The highest BCUT2D eigenvalue weighted by atomic mass is 35.5. The summed E-state index contributed by atoms with van der Waals surface area (Å²) >= 11 is 11.2. The molecule has 0 atom stereocenters. The molecule has 114 valence electrons. The molecule has 0 saturated heterocycles. The molecule has 0 unspecified atom stereocenters. The number of esters is 1. The van der Waals surface area contributed by atoms with Crippen molar-refractivity contribution in [1.82, 2.24) is 10.3 Å². The fourth-order valence-electron chi connectivity index (χ4n) is 1.72. The summed E-state index contributed by atoms with van der Waals surface area (Å²) < 4.78 is 4.67. The lowest BCUT2D eigenvalue weighted by molar-refractivity contribution is 0.0601. The van der Waals surface area contributed by atoms with Crippen LogP contribution in [0.15, 0.2) is 42.6 Å². The Balaban J connectivity index is 1.98. The van der Waals surface area contributed by atoms with Gasteiger partial charge in [0, 0.05) is 11.9 Å². The molecule has 0 saturated carbocycles. The summed E-state index contributed by atoms with van der Waals surface area (Å²) in [6.45, 7) is 0.504. The number of carbonyl (C=O) groups is 1. The van der Waals surface area contributed by atoms with Gasteiger partial charge in [-0.1, -0.05) is 17.7 Å². The van der Waals surface area contributed by atoms with E-state index >= 15 is 0 Å². The number of carbonyl (C=O) groups excluding carboxylic acids is 1. The van der Waals surface area contributed by atoms with Crippen molar-refractivity contribution >= 4 is 40.6 Å². The van der Waals surface area contributed by atoms with Crippen LogP contribution in [0, 0.1) is 0 Å². The van der Waals surface area contributed by atoms with Crippen molar-refractivity contribution in [1.29, 1.82) is 0 Å². The number of halogens is 1. The number of anilines is 1. The van der Waals surface area contributed by atoms with Crippen LogP contribution < -0.4 is 10.6 Å². The lowest BCUT2D eigenvalue weighted by atomic mass is 10.2. The Morgan fingerprint density at radius 2 is 2.18 bits per heavy atom. The van der Waals surface area contributed by atoms with Crippen LogP contribution in [-0.2, 0) is 11.3 Å². The highest BCUT2D eigenvalue weighted by Crippen LogP contribution is 2.21. The molecule has 2 rings (SSSR count). The third kappa shape index (κ3) is 4.41. The molecule has 0 amide bonds. The van der Waals surface area contributed by atoms with Crippen molar-refractivity contribution in [3.05, 3.63) is 58.9 Å². The molecule has 5 nitrogen and oxygen atoms in total. The molecule has 22 heavy (non-hydrogen) atoms. The lowest BCUT2D eigenvalue weighted by Crippen LogP contribution is -2.28. The minimum absolute atomic E-state index is 0.279. The maximum absolute atomic E-state index is 11.6. The normalized spacial score (nSPS) is 9.91. The first-order valence-electron chi connectivity index (χ1n) is 6.43. The van der Waals surface area contributed by atoms with Gasteiger partial charge in [0.25, 0.3) is 0 Å². The topological polar surface area (TPSA) is 63.2 Å². The molecule has 7 heteroatoms. The molecule has 1 aromatic carbocycles. The number of benzene rings is 1.